The van der Waals surface area contributed by atoms with Crippen LogP contribution in [0.4, 0.5) is 18.0 Å². The number of hydrogen-bond acceptors (Lipinski definition) is 11. The van der Waals surface area contributed by atoms with Crippen molar-refractivity contribution in [3.05, 3.63) is 47.8 Å². The normalized spacial score (nSPS) is 12.2. The Labute approximate surface area is 250 Å². The molecule has 2 heterocycles. The molecule has 0 radical (unpaired) electrons. The lowest BCUT2D eigenvalue weighted by Gasteiger charge is -2.20. The van der Waals surface area contributed by atoms with Gasteiger partial charge in [0.05, 0.1) is 42.8 Å². The van der Waals surface area contributed by atoms with Crippen molar-refractivity contribution in [3.8, 4) is 5.75 Å². The number of alkyl halides is 3. The minimum absolute atomic E-state index is 0.0658. The molecule has 11 nitrogen and oxygen atoms in total. The molecule has 15 heteroatoms. The smallest absolute Gasteiger partial charge is 0.484 e. The first kappa shape index (κ1) is 33.5. The molecule has 0 saturated carbocycles. The van der Waals surface area contributed by atoms with E-state index in [4.69, 9.17) is 23.7 Å². The fourth-order valence-corrected chi connectivity index (χ4v) is 5.06. The van der Waals surface area contributed by atoms with Crippen LogP contribution >= 0.6 is 11.8 Å². The van der Waals surface area contributed by atoms with Gasteiger partial charge in [0, 0.05) is 17.5 Å². The minimum atomic E-state index is -4.48. The van der Waals surface area contributed by atoms with Gasteiger partial charge in [0.2, 0.25) is 0 Å². The second-order valence-corrected chi connectivity index (χ2v) is 9.99. The van der Waals surface area contributed by atoms with Crippen molar-refractivity contribution in [2.24, 2.45) is 0 Å². The zero-order valence-electron chi connectivity index (χ0n) is 24.0. The highest BCUT2D eigenvalue weighted by Crippen LogP contribution is 2.32. The standard InChI is InChI=1S/C28H32F3N3O8S/c1-5-38-24(35)13-19(14-25(36)39-6-2)42-27(37)41-18(4)34-22-10-8-7-9-20(22)33-26(34)43-15-21-17(3)23(11-12-32-21)40-16-28(29,30)31/h7-12,18-19H,5-6,13-16H2,1-4H3. The van der Waals surface area contributed by atoms with Gasteiger partial charge in [0.1, 0.15) is 11.9 Å². The monoisotopic (exact) mass is 627 g/mol. The van der Waals surface area contributed by atoms with Crippen molar-refractivity contribution in [1.82, 2.24) is 14.5 Å². The fraction of sp³-hybridized carbons (Fsp3) is 0.464. The fourth-order valence-electron chi connectivity index (χ4n) is 3.95. The highest BCUT2D eigenvalue weighted by atomic mass is 32.2. The van der Waals surface area contributed by atoms with Crippen LogP contribution in [0, 0.1) is 6.92 Å². The van der Waals surface area contributed by atoms with Gasteiger partial charge in [-0.3, -0.25) is 19.1 Å². The van der Waals surface area contributed by atoms with E-state index in [-0.39, 0.29) is 37.6 Å². The van der Waals surface area contributed by atoms with E-state index in [0.29, 0.717) is 27.4 Å². The Kier molecular flexibility index (Phi) is 12.0. The van der Waals surface area contributed by atoms with Crippen LogP contribution in [0.1, 0.15) is 51.1 Å². The van der Waals surface area contributed by atoms with Gasteiger partial charge in [-0.25, -0.2) is 9.78 Å². The molecule has 0 saturated heterocycles. The van der Waals surface area contributed by atoms with Crippen LogP contribution in [-0.4, -0.2) is 64.7 Å². The number of rotatable bonds is 14. The Balaban J connectivity index is 1.77. The molecule has 2 aromatic heterocycles. The summed E-state index contributed by atoms with van der Waals surface area (Å²) in [5.74, 6) is -1.03. The number of imidazole rings is 1. The Morgan fingerprint density at radius 3 is 2.28 bits per heavy atom. The Morgan fingerprint density at radius 1 is 1.00 bits per heavy atom. The summed E-state index contributed by atoms with van der Waals surface area (Å²) in [7, 11) is 0. The largest absolute Gasteiger partial charge is 0.510 e. The molecule has 1 aromatic carbocycles. The Hall–Kier alpha value is -4.01. The van der Waals surface area contributed by atoms with E-state index in [1.54, 1.807) is 56.5 Å². The number of aromatic nitrogens is 3. The third-order valence-electron chi connectivity index (χ3n) is 5.84. The van der Waals surface area contributed by atoms with Crippen LogP contribution in [-0.2, 0) is 34.3 Å². The van der Waals surface area contributed by atoms with E-state index in [1.807, 2.05) is 0 Å². The molecule has 1 atom stereocenters. The molecule has 0 bridgehead atoms. The van der Waals surface area contributed by atoms with Crippen LogP contribution in [0.5, 0.6) is 5.75 Å². The van der Waals surface area contributed by atoms with E-state index in [9.17, 15) is 27.6 Å². The number of hydrogen-bond donors (Lipinski definition) is 0. The van der Waals surface area contributed by atoms with Crippen LogP contribution in [0.3, 0.4) is 0 Å². The molecule has 1 unspecified atom stereocenters. The van der Waals surface area contributed by atoms with Gasteiger partial charge in [-0.05, 0) is 45.9 Å². The van der Waals surface area contributed by atoms with Gasteiger partial charge in [-0.15, -0.1) is 0 Å². The molecule has 0 aliphatic rings. The SMILES string of the molecule is CCOC(=O)CC(CC(=O)OCC)OC(=O)OC(C)n1c(SCc2nccc(OCC(F)(F)F)c2C)nc2ccccc21. The van der Waals surface area contributed by atoms with Crippen molar-refractivity contribution in [3.63, 3.8) is 0 Å². The molecule has 234 valence electrons. The van der Waals surface area contributed by atoms with Gasteiger partial charge in [0.15, 0.2) is 18.0 Å². The maximum atomic E-state index is 12.8. The number of ether oxygens (including phenoxy) is 5. The number of benzene rings is 1. The van der Waals surface area contributed by atoms with Crippen molar-refractivity contribution in [2.45, 2.75) is 70.0 Å². The molecule has 3 aromatic rings. The molecule has 43 heavy (non-hydrogen) atoms. The topological polar surface area (TPSA) is 128 Å². The minimum Gasteiger partial charge on any atom is -0.484 e. The predicted octanol–water partition coefficient (Wildman–Crippen LogP) is 5.92. The first-order valence-electron chi connectivity index (χ1n) is 13.3. The number of esters is 2. The first-order chi connectivity index (χ1) is 20.4. The van der Waals surface area contributed by atoms with Crippen molar-refractivity contribution < 1.29 is 51.2 Å². The summed E-state index contributed by atoms with van der Waals surface area (Å²) in [5.41, 5.74) is 2.16. The highest BCUT2D eigenvalue weighted by molar-refractivity contribution is 7.98. The molecular formula is C28H32F3N3O8S. The first-order valence-corrected chi connectivity index (χ1v) is 14.3. The lowest BCUT2D eigenvalue weighted by atomic mass is 10.2. The van der Waals surface area contributed by atoms with Crippen LogP contribution in [0.25, 0.3) is 11.0 Å². The van der Waals surface area contributed by atoms with Crippen molar-refractivity contribution in [2.75, 3.05) is 19.8 Å². The van der Waals surface area contributed by atoms with Crippen LogP contribution < -0.4 is 4.74 Å². The maximum Gasteiger partial charge on any atom is 0.510 e. The van der Waals surface area contributed by atoms with E-state index in [2.05, 4.69) is 9.97 Å². The Bertz CT molecular complexity index is 1400. The lowest BCUT2D eigenvalue weighted by molar-refractivity contribution is -0.153. The van der Waals surface area contributed by atoms with E-state index >= 15 is 0 Å². The van der Waals surface area contributed by atoms with Gasteiger partial charge < -0.3 is 23.7 Å². The molecule has 0 aliphatic carbocycles. The molecule has 0 N–H and O–H groups in total. The molecular weight excluding hydrogens is 595 g/mol. The average molecular weight is 628 g/mol. The van der Waals surface area contributed by atoms with E-state index in [1.165, 1.54) is 24.0 Å². The summed E-state index contributed by atoms with van der Waals surface area (Å²) in [5, 5.41) is 0.430. The number of pyridine rings is 1. The second kappa shape index (κ2) is 15.5. The molecule has 0 amide bonds. The zero-order valence-corrected chi connectivity index (χ0v) is 24.8. The summed E-state index contributed by atoms with van der Waals surface area (Å²) >= 11 is 1.23. The number of thioether (sulfide) groups is 1. The van der Waals surface area contributed by atoms with Crippen molar-refractivity contribution >= 4 is 40.9 Å². The number of para-hydroxylation sites is 2. The van der Waals surface area contributed by atoms with E-state index < -0.39 is 43.2 Å². The average Bonchev–Trinajstić information content (AvgIpc) is 3.30. The lowest BCUT2D eigenvalue weighted by Crippen LogP contribution is -2.28. The molecule has 0 spiro atoms. The molecule has 0 aliphatic heterocycles. The maximum absolute atomic E-state index is 12.8. The number of carbonyl (C=O) groups is 3. The second-order valence-electron chi connectivity index (χ2n) is 9.05. The highest BCUT2D eigenvalue weighted by Gasteiger charge is 2.29. The van der Waals surface area contributed by atoms with Crippen LogP contribution in [0.2, 0.25) is 0 Å². The quantitative estimate of drug-likeness (QED) is 0.120. The summed E-state index contributed by atoms with van der Waals surface area (Å²) in [6, 6.07) is 8.48. The van der Waals surface area contributed by atoms with Crippen molar-refractivity contribution in [1.29, 1.82) is 0 Å². The third-order valence-corrected chi connectivity index (χ3v) is 6.81. The number of halogens is 3. The third kappa shape index (κ3) is 10.0. The zero-order chi connectivity index (χ0) is 31.6. The van der Waals surface area contributed by atoms with E-state index in [0.717, 1.165) is 0 Å². The molecule has 0 fully saturated rings. The van der Waals surface area contributed by atoms with Gasteiger partial charge in [-0.2, -0.15) is 13.2 Å². The number of carbonyl (C=O) groups excluding carboxylic acids is 3. The van der Waals surface area contributed by atoms with Gasteiger partial charge in [-0.1, -0.05) is 23.9 Å². The Morgan fingerprint density at radius 2 is 1.65 bits per heavy atom. The summed E-state index contributed by atoms with van der Waals surface area (Å²) in [6.07, 6.45) is -7.12. The van der Waals surface area contributed by atoms with Gasteiger partial charge in [0.25, 0.3) is 0 Å². The van der Waals surface area contributed by atoms with Crippen LogP contribution in [0.15, 0.2) is 41.7 Å². The summed E-state index contributed by atoms with van der Waals surface area (Å²) in [4.78, 5) is 45.7. The molecule has 3 rings (SSSR count). The summed E-state index contributed by atoms with van der Waals surface area (Å²) in [6.45, 7) is 5.24. The number of nitrogens with zero attached hydrogens (tertiary/aromatic N) is 3. The summed E-state index contributed by atoms with van der Waals surface area (Å²) < 4.78 is 65.2. The van der Waals surface area contributed by atoms with Gasteiger partial charge >= 0.3 is 24.3 Å². The predicted molar refractivity (Wildman–Crippen MR) is 148 cm³/mol. The number of fused-ring (bicyclic) bond motifs is 1.